The van der Waals surface area contributed by atoms with Crippen LogP contribution < -0.4 is 11.5 Å². The fraction of sp³-hybridized carbons (Fsp3) is 0.320. The monoisotopic (exact) mass is 518 g/mol. The lowest BCUT2D eigenvalue weighted by molar-refractivity contribution is -0.0299. The van der Waals surface area contributed by atoms with Crippen LogP contribution in [0.15, 0.2) is 47.3 Å². The summed E-state index contributed by atoms with van der Waals surface area (Å²) in [5, 5.41) is 24.1. The predicted octanol–water partition coefficient (Wildman–Crippen LogP) is 2.68. The number of rotatable bonds is 4. The molecule has 3 aromatic heterocycles. The largest absolute Gasteiger partial charge is 0.389 e. The molecular formula is C25H23BrN6O2. The normalized spacial score (nSPS) is 28.4. The highest BCUT2D eigenvalue weighted by atomic mass is 79.9. The lowest BCUT2D eigenvalue weighted by atomic mass is 9.61. The Morgan fingerprint density at radius 3 is 2.76 bits per heavy atom. The minimum Gasteiger partial charge on any atom is -0.389 e. The molecule has 0 aliphatic heterocycles. The smallest absolute Gasteiger partial charge is 0.145 e. The van der Waals surface area contributed by atoms with Gasteiger partial charge in [0.2, 0.25) is 0 Å². The van der Waals surface area contributed by atoms with E-state index in [4.69, 9.17) is 11.5 Å². The van der Waals surface area contributed by atoms with Crippen LogP contribution in [0.3, 0.4) is 0 Å². The van der Waals surface area contributed by atoms with E-state index in [0.717, 1.165) is 26.3 Å². The van der Waals surface area contributed by atoms with Gasteiger partial charge in [-0.25, -0.2) is 15.0 Å². The van der Waals surface area contributed by atoms with Crippen LogP contribution in [0.25, 0.3) is 21.9 Å². The lowest BCUT2D eigenvalue weighted by Crippen LogP contribution is -2.47. The summed E-state index contributed by atoms with van der Waals surface area (Å²) < 4.78 is 2.65. The van der Waals surface area contributed by atoms with Crippen LogP contribution in [0.1, 0.15) is 18.5 Å². The van der Waals surface area contributed by atoms with Crippen molar-refractivity contribution in [3.05, 3.63) is 52.9 Å². The Labute approximate surface area is 204 Å². The summed E-state index contributed by atoms with van der Waals surface area (Å²) in [6.45, 7) is 2.08. The molecule has 0 saturated heterocycles. The highest BCUT2D eigenvalue weighted by Gasteiger charge is 2.65. The van der Waals surface area contributed by atoms with Crippen molar-refractivity contribution < 1.29 is 10.2 Å². The number of nitrogens with two attached hydrogens (primary N) is 2. The highest BCUT2D eigenvalue weighted by molar-refractivity contribution is 9.10. The number of aliphatic hydroxyl groups excluding tert-OH is 2. The van der Waals surface area contributed by atoms with E-state index in [2.05, 4.69) is 55.7 Å². The van der Waals surface area contributed by atoms with Gasteiger partial charge in [-0.1, -0.05) is 30.9 Å². The molecule has 0 radical (unpaired) electrons. The molecule has 6 rings (SSSR count). The molecule has 2 aliphatic rings. The minimum atomic E-state index is -1.00. The number of hydrogen-bond donors (Lipinski definition) is 4. The Kier molecular flexibility index (Phi) is 4.65. The number of hydrogen-bond acceptors (Lipinski definition) is 7. The quantitative estimate of drug-likeness (QED) is 0.305. The van der Waals surface area contributed by atoms with Crippen molar-refractivity contribution in [3.63, 3.8) is 0 Å². The summed E-state index contributed by atoms with van der Waals surface area (Å²) in [6, 6.07) is 9.48. The van der Waals surface area contributed by atoms with E-state index in [9.17, 15) is 10.2 Å². The van der Waals surface area contributed by atoms with Crippen LogP contribution in [-0.4, -0.2) is 41.9 Å². The number of nitrogens with zero attached hydrogens (tertiary/aromatic N) is 4. The highest BCUT2D eigenvalue weighted by Crippen LogP contribution is 2.58. The lowest BCUT2D eigenvalue weighted by Gasteiger charge is -2.42. The molecule has 0 spiro atoms. The number of fused-ring (bicyclic) bond motifs is 3. The molecule has 6 atom stereocenters. The van der Waals surface area contributed by atoms with Crippen molar-refractivity contribution in [3.8, 4) is 11.8 Å². The number of benzene rings is 1. The molecule has 1 aromatic carbocycles. The zero-order valence-corrected chi connectivity index (χ0v) is 19.9. The summed E-state index contributed by atoms with van der Waals surface area (Å²) in [7, 11) is 0. The van der Waals surface area contributed by atoms with Gasteiger partial charge in [0.1, 0.15) is 35.8 Å². The first-order valence-corrected chi connectivity index (χ1v) is 11.9. The summed E-state index contributed by atoms with van der Waals surface area (Å²) in [4.78, 5) is 12.9. The summed E-state index contributed by atoms with van der Waals surface area (Å²) in [6.07, 6.45) is 1.94. The Morgan fingerprint density at radius 1 is 1.18 bits per heavy atom. The van der Waals surface area contributed by atoms with Gasteiger partial charge in [0.25, 0.3) is 0 Å². The van der Waals surface area contributed by atoms with E-state index in [1.165, 1.54) is 6.33 Å². The molecule has 172 valence electrons. The predicted molar refractivity (Wildman–Crippen MR) is 133 cm³/mol. The molecule has 8 nitrogen and oxygen atoms in total. The maximum atomic E-state index is 11.3. The number of nitrogen functional groups attached to an aromatic ring is 2. The standard InChI is InChI=1S/C25H23BrN6O2/c1-12(8-13-2-3-14-10-17(26)23(28)31-18(14)9-13)25-6-4-16(25)19(20(33)21(25)34)32-7-5-15-22(27)29-11-30-24(15)32/h2-3,5,7,9-12,16,19-21,33-34H,8H2,1H3,(H2,28,31)(H2,27,29,30)/t12?,16-,19-,20+,21+,25+/m1/s1. The van der Waals surface area contributed by atoms with Crippen molar-refractivity contribution in [1.82, 2.24) is 19.5 Å². The van der Waals surface area contributed by atoms with Crippen molar-refractivity contribution in [2.75, 3.05) is 11.5 Å². The van der Waals surface area contributed by atoms with Crippen molar-refractivity contribution in [2.45, 2.75) is 31.6 Å². The molecule has 6 N–H and O–H groups in total. The maximum absolute atomic E-state index is 11.3. The van der Waals surface area contributed by atoms with Gasteiger partial charge < -0.3 is 26.2 Å². The zero-order chi connectivity index (χ0) is 23.8. The summed E-state index contributed by atoms with van der Waals surface area (Å²) in [5.74, 6) is 7.09. The van der Waals surface area contributed by atoms with Gasteiger partial charge in [0, 0.05) is 11.6 Å². The molecule has 1 saturated carbocycles. The molecule has 3 heterocycles. The van der Waals surface area contributed by atoms with Gasteiger partial charge in [-0.15, -0.1) is 0 Å². The van der Waals surface area contributed by atoms with Crippen molar-refractivity contribution >= 4 is 49.5 Å². The van der Waals surface area contributed by atoms with Crippen molar-refractivity contribution in [2.24, 2.45) is 17.3 Å². The van der Waals surface area contributed by atoms with Gasteiger partial charge in [-0.3, -0.25) is 0 Å². The molecule has 1 fully saturated rings. The third kappa shape index (κ3) is 2.83. The third-order valence-electron chi connectivity index (χ3n) is 7.54. The third-order valence-corrected chi connectivity index (χ3v) is 8.18. The summed E-state index contributed by atoms with van der Waals surface area (Å²) in [5.41, 5.74) is 13.8. The molecule has 0 bridgehead atoms. The number of anilines is 2. The average Bonchev–Trinajstić information content (AvgIpc) is 3.27. The second-order valence-corrected chi connectivity index (χ2v) is 10.2. The number of halogens is 1. The molecule has 9 heteroatoms. The van der Waals surface area contributed by atoms with Crippen LogP contribution in [0, 0.1) is 29.1 Å². The van der Waals surface area contributed by atoms with E-state index < -0.39 is 23.7 Å². The Bertz CT molecular complexity index is 1520. The van der Waals surface area contributed by atoms with Crippen LogP contribution in [0.4, 0.5) is 11.6 Å². The SMILES string of the molecule is CC(Cc1ccc2cc(Br)c(N)nc2c1)[C@@]12C#C[C@@H]1[C@@H](n1ccc3c(N)ncnc31)[C@H](O)[C@@H]2O. The van der Waals surface area contributed by atoms with E-state index in [1.54, 1.807) is 0 Å². The van der Waals surface area contributed by atoms with Crippen LogP contribution >= 0.6 is 15.9 Å². The second-order valence-electron chi connectivity index (χ2n) is 9.31. The van der Waals surface area contributed by atoms with Gasteiger partial charge in [-0.05, 0) is 52.0 Å². The van der Waals surface area contributed by atoms with E-state index in [-0.39, 0.29) is 11.8 Å². The summed E-state index contributed by atoms with van der Waals surface area (Å²) >= 11 is 3.42. The second kappa shape index (κ2) is 7.40. The van der Waals surface area contributed by atoms with Gasteiger partial charge in [0.15, 0.2) is 0 Å². The number of pyridine rings is 1. The first-order chi connectivity index (χ1) is 16.3. The van der Waals surface area contributed by atoms with Gasteiger partial charge in [-0.2, -0.15) is 0 Å². The van der Waals surface area contributed by atoms with Gasteiger partial charge >= 0.3 is 0 Å². The van der Waals surface area contributed by atoms with E-state index >= 15 is 0 Å². The van der Waals surface area contributed by atoms with E-state index in [1.807, 2.05) is 35.0 Å². The molecule has 34 heavy (non-hydrogen) atoms. The Hall–Kier alpha value is -3.19. The van der Waals surface area contributed by atoms with E-state index in [0.29, 0.717) is 23.7 Å². The van der Waals surface area contributed by atoms with Crippen LogP contribution in [0.5, 0.6) is 0 Å². The first kappa shape index (κ1) is 21.4. The topological polar surface area (TPSA) is 136 Å². The van der Waals surface area contributed by atoms with Crippen LogP contribution in [0.2, 0.25) is 0 Å². The number of aliphatic hydroxyl groups is 2. The zero-order valence-electron chi connectivity index (χ0n) is 18.4. The minimum absolute atomic E-state index is 0.0137. The van der Waals surface area contributed by atoms with Crippen LogP contribution in [-0.2, 0) is 6.42 Å². The Morgan fingerprint density at radius 2 is 2.00 bits per heavy atom. The molecule has 0 amide bonds. The first-order valence-electron chi connectivity index (χ1n) is 11.1. The molecule has 4 aromatic rings. The fourth-order valence-electron chi connectivity index (χ4n) is 5.74. The number of aromatic nitrogens is 4. The fourth-order valence-corrected chi connectivity index (χ4v) is 6.08. The molecular weight excluding hydrogens is 496 g/mol. The van der Waals surface area contributed by atoms with Gasteiger partial charge in [0.05, 0.1) is 32.8 Å². The average molecular weight is 519 g/mol. The molecule has 1 unspecified atom stereocenters. The Balaban J connectivity index is 1.34. The molecule has 2 aliphatic carbocycles. The maximum Gasteiger partial charge on any atom is 0.145 e. The van der Waals surface area contributed by atoms with Crippen molar-refractivity contribution in [1.29, 1.82) is 0 Å².